The third kappa shape index (κ3) is 2.52. The summed E-state index contributed by atoms with van der Waals surface area (Å²) in [5, 5.41) is 0. The van der Waals surface area contributed by atoms with E-state index in [0.717, 1.165) is 16.7 Å². The summed E-state index contributed by atoms with van der Waals surface area (Å²) in [6.07, 6.45) is 0. The number of hydrogen-bond donors (Lipinski definition) is 1. The van der Waals surface area contributed by atoms with Gasteiger partial charge in [0.1, 0.15) is 5.75 Å². The van der Waals surface area contributed by atoms with E-state index in [2.05, 4.69) is 0 Å². The molecule has 104 valence electrons. The molecular formula is C17H19NO2. The van der Waals surface area contributed by atoms with Gasteiger partial charge in [-0.05, 0) is 44.0 Å². The summed E-state index contributed by atoms with van der Waals surface area (Å²) in [5.41, 5.74) is 7.34. The minimum absolute atomic E-state index is 0.505. The fraction of sp³-hybridized carbons (Fsp3) is 0.235. The van der Waals surface area contributed by atoms with Gasteiger partial charge in [0, 0.05) is 5.56 Å². The molecule has 0 aliphatic rings. The van der Waals surface area contributed by atoms with Gasteiger partial charge in [0.25, 0.3) is 5.91 Å². The van der Waals surface area contributed by atoms with Crippen molar-refractivity contribution in [3.8, 4) is 5.75 Å². The van der Waals surface area contributed by atoms with Gasteiger partial charge in [-0.25, -0.2) is 0 Å². The highest BCUT2D eigenvalue weighted by Crippen LogP contribution is 2.31. The number of ether oxygens (including phenoxy) is 1. The molecule has 0 fully saturated rings. The number of benzene rings is 2. The zero-order chi connectivity index (χ0) is 14.8. The van der Waals surface area contributed by atoms with Crippen LogP contribution in [0.1, 0.15) is 23.6 Å². The van der Waals surface area contributed by atoms with Crippen molar-refractivity contribution in [2.75, 3.05) is 0 Å². The molecule has 2 aromatic rings. The maximum Gasteiger partial charge on any atom is 0.266 e. The fourth-order valence-electron chi connectivity index (χ4n) is 2.23. The number of nitrogens with two attached hydrogens (primary N) is 1. The van der Waals surface area contributed by atoms with Gasteiger partial charge in [0.05, 0.1) is 0 Å². The zero-order valence-electron chi connectivity index (χ0n) is 12.0. The Bertz CT molecular complexity index is 622. The molecule has 2 aromatic carbocycles. The van der Waals surface area contributed by atoms with Crippen molar-refractivity contribution in [2.24, 2.45) is 5.73 Å². The topological polar surface area (TPSA) is 52.3 Å². The van der Waals surface area contributed by atoms with Gasteiger partial charge < -0.3 is 10.5 Å². The van der Waals surface area contributed by atoms with E-state index in [1.165, 1.54) is 0 Å². The van der Waals surface area contributed by atoms with Gasteiger partial charge >= 0.3 is 0 Å². The third-order valence-electron chi connectivity index (χ3n) is 3.65. The van der Waals surface area contributed by atoms with Crippen LogP contribution in [-0.2, 0) is 10.4 Å². The average molecular weight is 269 g/mol. The smallest absolute Gasteiger partial charge is 0.266 e. The van der Waals surface area contributed by atoms with Crippen molar-refractivity contribution < 1.29 is 9.53 Å². The van der Waals surface area contributed by atoms with E-state index in [9.17, 15) is 4.79 Å². The number of aryl methyl sites for hydroxylation is 1. The van der Waals surface area contributed by atoms with Gasteiger partial charge in [0.15, 0.2) is 0 Å². The monoisotopic (exact) mass is 269 g/mol. The van der Waals surface area contributed by atoms with Crippen molar-refractivity contribution in [3.63, 3.8) is 0 Å². The van der Waals surface area contributed by atoms with Crippen molar-refractivity contribution in [1.29, 1.82) is 0 Å². The average Bonchev–Trinajstić information content (AvgIpc) is 2.42. The molecule has 3 heteroatoms. The van der Waals surface area contributed by atoms with Crippen LogP contribution in [0.25, 0.3) is 0 Å². The molecule has 2 rings (SSSR count). The summed E-state index contributed by atoms with van der Waals surface area (Å²) >= 11 is 0. The van der Waals surface area contributed by atoms with E-state index >= 15 is 0 Å². The molecule has 1 unspecified atom stereocenters. The van der Waals surface area contributed by atoms with Crippen molar-refractivity contribution in [3.05, 3.63) is 65.2 Å². The van der Waals surface area contributed by atoms with Crippen molar-refractivity contribution in [2.45, 2.75) is 26.4 Å². The van der Waals surface area contributed by atoms with Gasteiger partial charge in [-0.3, -0.25) is 4.79 Å². The molecule has 0 saturated carbocycles. The summed E-state index contributed by atoms with van der Waals surface area (Å²) in [7, 11) is 0. The summed E-state index contributed by atoms with van der Waals surface area (Å²) in [6, 6.07) is 15.0. The van der Waals surface area contributed by atoms with E-state index in [1.807, 2.05) is 62.4 Å². The van der Waals surface area contributed by atoms with Crippen LogP contribution in [0.2, 0.25) is 0 Å². The Kier molecular flexibility index (Phi) is 3.79. The standard InChI is InChI=1S/C17H19NO2/c1-12-8-7-11-15(13(12)2)17(3,16(18)19)20-14-9-5-4-6-10-14/h4-11H,1-3H3,(H2,18,19). The summed E-state index contributed by atoms with van der Waals surface area (Å²) < 4.78 is 5.91. The van der Waals surface area contributed by atoms with Crippen molar-refractivity contribution in [1.82, 2.24) is 0 Å². The molecule has 1 atom stereocenters. The van der Waals surface area contributed by atoms with Crippen LogP contribution in [0.4, 0.5) is 0 Å². The lowest BCUT2D eigenvalue weighted by Gasteiger charge is -2.30. The predicted octanol–water partition coefficient (Wildman–Crippen LogP) is 3.08. The highest BCUT2D eigenvalue weighted by Gasteiger charge is 2.37. The van der Waals surface area contributed by atoms with E-state index in [-0.39, 0.29) is 0 Å². The Morgan fingerprint density at radius 1 is 1.05 bits per heavy atom. The zero-order valence-corrected chi connectivity index (χ0v) is 12.0. The molecule has 2 N–H and O–H groups in total. The molecule has 3 nitrogen and oxygen atoms in total. The summed E-state index contributed by atoms with van der Waals surface area (Å²) in [6.45, 7) is 5.69. The second-order valence-corrected chi connectivity index (χ2v) is 5.06. The number of carbonyl (C=O) groups is 1. The summed E-state index contributed by atoms with van der Waals surface area (Å²) in [4.78, 5) is 12.0. The van der Waals surface area contributed by atoms with E-state index < -0.39 is 11.5 Å². The van der Waals surface area contributed by atoms with Gasteiger partial charge in [-0.1, -0.05) is 36.4 Å². The highest BCUT2D eigenvalue weighted by atomic mass is 16.5. The van der Waals surface area contributed by atoms with Crippen molar-refractivity contribution >= 4 is 5.91 Å². The second-order valence-electron chi connectivity index (χ2n) is 5.06. The maximum absolute atomic E-state index is 12.0. The number of carbonyl (C=O) groups excluding carboxylic acids is 1. The third-order valence-corrected chi connectivity index (χ3v) is 3.65. The van der Waals surface area contributed by atoms with Crippen LogP contribution < -0.4 is 10.5 Å². The lowest BCUT2D eigenvalue weighted by molar-refractivity contribution is -0.132. The van der Waals surface area contributed by atoms with Crippen LogP contribution in [-0.4, -0.2) is 5.91 Å². The molecule has 20 heavy (non-hydrogen) atoms. The molecule has 0 aliphatic heterocycles. The molecule has 1 amide bonds. The minimum atomic E-state index is -1.18. The van der Waals surface area contributed by atoms with Crippen LogP contribution >= 0.6 is 0 Å². The van der Waals surface area contributed by atoms with E-state index in [1.54, 1.807) is 6.92 Å². The normalized spacial score (nSPS) is 13.6. The van der Waals surface area contributed by atoms with Gasteiger partial charge in [0.2, 0.25) is 5.60 Å². The first-order valence-corrected chi connectivity index (χ1v) is 6.56. The molecule has 0 radical (unpaired) electrons. The maximum atomic E-state index is 12.0. The Morgan fingerprint density at radius 2 is 1.70 bits per heavy atom. The second kappa shape index (κ2) is 5.37. The lowest BCUT2D eigenvalue weighted by Crippen LogP contribution is -2.44. The summed E-state index contributed by atoms with van der Waals surface area (Å²) in [5.74, 6) is 0.116. The molecule has 0 bridgehead atoms. The highest BCUT2D eigenvalue weighted by molar-refractivity contribution is 5.85. The van der Waals surface area contributed by atoms with Gasteiger partial charge in [-0.15, -0.1) is 0 Å². The van der Waals surface area contributed by atoms with Gasteiger partial charge in [-0.2, -0.15) is 0 Å². The number of hydrogen-bond acceptors (Lipinski definition) is 2. The molecule has 0 aromatic heterocycles. The quantitative estimate of drug-likeness (QED) is 0.927. The number of rotatable bonds is 4. The minimum Gasteiger partial charge on any atom is -0.473 e. The van der Waals surface area contributed by atoms with E-state index in [0.29, 0.717) is 5.75 Å². The number of amides is 1. The van der Waals surface area contributed by atoms with Crippen LogP contribution in [0.3, 0.4) is 0 Å². The van der Waals surface area contributed by atoms with Crippen LogP contribution in [0.5, 0.6) is 5.75 Å². The Morgan fingerprint density at radius 3 is 2.30 bits per heavy atom. The predicted molar refractivity (Wildman–Crippen MR) is 79.5 cm³/mol. The Labute approximate surface area is 119 Å². The first-order valence-electron chi connectivity index (χ1n) is 6.56. The molecule has 0 saturated heterocycles. The largest absolute Gasteiger partial charge is 0.473 e. The first-order chi connectivity index (χ1) is 9.45. The van der Waals surface area contributed by atoms with Crippen LogP contribution in [0.15, 0.2) is 48.5 Å². The molecule has 0 heterocycles. The fourth-order valence-corrected chi connectivity index (χ4v) is 2.23. The SMILES string of the molecule is Cc1cccc(C(C)(Oc2ccccc2)C(N)=O)c1C. The molecular weight excluding hydrogens is 250 g/mol. The van der Waals surface area contributed by atoms with E-state index in [4.69, 9.17) is 10.5 Å². The Hall–Kier alpha value is -2.29. The lowest BCUT2D eigenvalue weighted by atomic mass is 9.89. The van der Waals surface area contributed by atoms with Crippen LogP contribution in [0, 0.1) is 13.8 Å². The first kappa shape index (κ1) is 14.1. The number of primary amides is 1. The number of para-hydroxylation sites is 1. The Balaban J connectivity index is 2.50. The molecule has 0 aliphatic carbocycles. The molecule has 0 spiro atoms.